The molecule has 2 rings (SSSR count). The number of benzene rings is 1. The number of aliphatic carboxylic acids is 1. The summed E-state index contributed by atoms with van der Waals surface area (Å²) in [5, 5.41) is 8.49. The van der Waals surface area contributed by atoms with Gasteiger partial charge in [0.2, 0.25) is 0 Å². The Kier molecular flexibility index (Phi) is 4.08. The molecule has 21 heavy (non-hydrogen) atoms. The lowest BCUT2D eigenvalue weighted by molar-refractivity contribution is -0.145. The average molecular weight is 316 g/mol. The Labute approximate surface area is 122 Å². The maximum Gasteiger partial charge on any atom is 0.314 e. The van der Waals surface area contributed by atoms with Gasteiger partial charge in [0.25, 0.3) is 0 Å². The zero-order valence-corrected chi connectivity index (χ0v) is 12.6. The first-order chi connectivity index (χ1) is 9.81. The summed E-state index contributed by atoms with van der Waals surface area (Å²) in [4.78, 5) is 11.7. The lowest BCUT2D eigenvalue weighted by Crippen LogP contribution is -2.29. The van der Waals surface area contributed by atoms with Crippen molar-refractivity contribution in [1.82, 2.24) is 0 Å². The molecule has 1 aliphatic rings. The van der Waals surface area contributed by atoms with E-state index in [0.717, 1.165) is 0 Å². The van der Waals surface area contributed by atoms with Gasteiger partial charge in [-0.05, 0) is 17.7 Å². The number of hydrogen-bond donors (Lipinski definition) is 1. The van der Waals surface area contributed by atoms with Crippen LogP contribution in [0.5, 0.6) is 0 Å². The molecule has 1 saturated carbocycles. The minimum Gasteiger partial charge on any atom is -0.481 e. The van der Waals surface area contributed by atoms with Crippen LogP contribution in [-0.4, -0.2) is 44.2 Å². The van der Waals surface area contributed by atoms with Gasteiger partial charge in [-0.3, -0.25) is 4.79 Å². The van der Waals surface area contributed by atoms with E-state index in [2.05, 4.69) is 0 Å². The first-order valence-electron chi connectivity index (χ1n) is 6.50. The molecule has 0 aromatic heterocycles. The standard InChI is InChI=1S/C14H17FO5S/c1-3-21(18,19)12-11(9-4-6-10(15)7-5-9)14(12,8-20-2)13(16)17/h4-7,11-12H,3,8H2,1-2H3,(H,16,17)/t11-,12+,14-/m0/s1. The van der Waals surface area contributed by atoms with E-state index in [1.54, 1.807) is 0 Å². The summed E-state index contributed by atoms with van der Waals surface area (Å²) in [5.74, 6) is -2.53. The lowest BCUT2D eigenvalue weighted by Gasteiger charge is -2.11. The van der Waals surface area contributed by atoms with E-state index in [4.69, 9.17) is 4.74 Å². The van der Waals surface area contributed by atoms with Crippen molar-refractivity contribution < 1.29 is 27.4 Å². The van der Waals surface area contributed by atoms with Crippen LogP contribution in [0, 0.1) is 11.2 Å². The van der Waals surface area contributed by atoms with E-state index in [0.29, 0.717) is 5.56 Å². The van der Waals surface area contributed by atoms with Crippen molar-refractivity contribution >= 4 is 15.8 Å². The van der Waals surface area contributed by atoms with Crippen LogP contribution < -0.4 is 0 Å². The Morgan fingerprint density at radius 2 is 1.95 bits per heavy atom. The summed E-state index contributed by atoms with van der Waals surface area (Å²) >= 11 is 0. The van der Waals surface area contributed by atoms with Crippen LogP contribution in [-0.2, 0) is 19.4 Å². The first-order valence-corrected chi connectivity index (χ1v) is 8.22. The zero-order chi connectivity index (χ0) is 15.8. The molecule has 5 nitrogen and oxygen atoms in total. The molecular weight excluding hydrogens is 299 g/mol. The molecule has 0 unspecified atom stereocenters. The van der Waals surface area contributed by atoms with Crippen molar-refractivity contribution in [2.45, 2.75) is 18.1 Å². The number of halogens is 1. The third-order valence-electron chi connectivity index (χ3n) is 4.06. The van der Waals surface area contributed by atoms with E-state index >= 15 is 0 Å². The Bertz CT molecular complexity index is 640. The summed E-state index contributed by atoms with van der Waals surface area (Å²) in [6.45, 7) is 1.28. The van der Waals surface area contributed by atoms with Gasteiger partial charge in [0.1, 0.15) is 11.2 Å². The third-order valence-corrected chi connectivity index (χ3v) is 6.33. The van der Waals surface area contributed by atoms with Crippen molar-refractivity contribution in [3.63, 3.8) is 0 Å². The van der Waals surface area contributed by atoms with Crippen LogP contribution in [0.15, 0.2) is 24.3 Å². The SMILES string of the molecule is CCS(=O)(=O)[C@@H]1[C@H](c2ccc(F)cc2)[C@]1(COC)C(=O)O. The van der Waals surface area contributed by atoms with Gasteiger partial charge in [-0.2, -0.15) is 0 Å². The molecule has 0 radical (unpaired) electrons. The van der Waals surface area contributed by atoms with Gasteiger partial charge in [-0.15, -0.1) is 0 Å². The number of sulfone groups is 1. The Hall–Kier alpha value is -1.47. The Morgan fingerprint density at radius 1 is 1.38 bits per heavy atom. The van der Waals surface area contributed by atoms with Crippen molar-refractivity contribution in [2.75, 3.05) is 19.5 Å². The number of ether oxygens (including phenoxy) is 1. The normalized spacial score (nSPS) is 28.3. The number of rotatable bonds is 6. The molecule has 116 valence electrons. The maximum absolute atomic E-state index is 13.0. The minimum atomic E-state index is -3.56. The molecule has 1 aromatic rings. The van der Waals surface area contributed by atoms with Crippen LogP contribution in [0.25, 0.3) is 0 Å². The topological polar surface area (TPSA) is 80.7 Å². The Morgan fingerprint density at radius 3 is 2.38 bits per heavy atom. The zero-order valence-electron chi connectivity index (χ0n) is 11.7. The van der Waals surface area contributed by atoms with Crippen molar-refractivity contribution in [2.24, 2.45) is 5.41 Å². The molecule has 0 amide bonds. The van der Waals surface area contributed by atoms with E-state index in [-0.39, 0.29) is 12.4 Å². The average Bonchev–Trinajstić information content (AvgIpc) is 3.11. The van der Waals surface area contributed by atoms with Gasteiger partial charge in [-0.25, -0.2) is 12.8 Å². The summed E-state index contributed by atoms with van der Waals surface area (Å²) in [6.07, 6.45) is 0. The molecule has 1 N–H and O–H groups in total. The van der Waals surface area contributed by atoms with Gasteiger partial charge in [0, 0.05) is 18.8 Å². The summed E-state index contributed by atoms with van der Waals surface area (Å²) in [6, 6.07) is 5.25. The molecular formula is C14H17FO5S. The van der Waals surface area contributed by atoms with Crippen LogP contribution >= 0.6 is 0 Å². The molecule has 3 atom stereocenters. The van der Waals surface area contributed by atoms with Gasteiger partial charge >= 0.3 is 5.97 Å². The molecule has 1 fully saturated rings. The summed E-state index contributed by atoms with van der Waals surface area (Å²) in [7, 11) is -2.23. The molecule has 0 heterocycles. The van der Waals surface area contributed by atoms with Crippen LogP contribution in [0.4, 0.5) is 4.39 Å². The van der Waals surface area contributed by atoms with Crippen molar-refractivity contribution in [3.05, 3.63) is 35.6 Å². The van der Waals surface area contributed by atoms with E-state index in [1.165, 1.54) is 38.3 Å². The second-order valence-corrected chi connectivity index (χ2v) is 7.59. The number of carboxylic acid groups (broad SMARTS) is 1. The fourth-order valence-corrected chi connectivity index (χ4v) is 5.03. The third kappa shape index (κ3) is 2.44. The second kappa shape index (κ2) is 5.38. The fraction of sp³-hybridized carbons (Fsp3) is 0.500. The predicted octanol–water partition coefficient (Wildman–Crippen LogP) is 1.44. The largest absolute Gasteiger partial charge is 0.481 e. The summed E-state index contributed by atoms with van der Waals surface area (Å²) in [5.41, 5.74) is -1.00. The van der Waals surface area contributed by atoms with Gasteiger partial charge in [-0.1, -0.05) is 19.1 Å². The predicted molar refractivity (Wildman–Crippen MR) is 74.3 cm³/mol. The van der Waals surface area contributed by atoms with Crippen molar-refractivity contribution in [3.8, 4) is 0 Å². The summed E-state index contributed by atoms with van der Waals surface area (Å²) < 4.78 is 42.4. The van der Waals surface area contributed by atoms with Crippen LogP contribution in [0.3, 0.4) is 0 Å². The second-order valence-electron chi connectivity index (χ2n) is 5.18. The number of methoxy groups -OCH3 is 1. The fourth-order valence-electron chi connectivity index (χ4n) is 2.98. The van der Waals surface area contributed by atoms with Crippen LogP contribution in [0.2, 0.25) is 0 Å². The molecule has 0 saturated heterocycles. The van der Waals surface area contributed by atoms with Crippen LogP contribution in [0.1, 0.15) is 18.4 Å². The monoisotopic (exact) mass is 316 g/mol. The first kappa shape index (κ1) is 15.9. The highest BCUT2D eigenvalue weighted by molar-refractivity contribution is 7.92. The van der Waals surface area contributed by atoms with E-state index in [9.17, 15) is 22.7 Å². The smallest absolute Gasteiger partial charge is 0.314 e. The van der Waals surface area contributed by atoms with Gasteiger partial charge in [0.05, 0.1) is 11.9 Å². The Balaban J connectivity index is 2.51. The lowest BCUT2D eigenvalue weighted by atomic mass is 10.00. The van der Waals surface area contributed by atoms with Gasteiger partial charge in [0.15, 0.2) is 9.84 Å². The van der Waals surface area contributed by atoms with Gasteiger partial charge < -0.3 is 9.84 Å². The number of hydrogen-bond acceptors (Lipinski definition) is 4. The molecule has 0 spiro atoms. The minimum absolute atomic E-state index is 0.145. The van der Waals surface area contributed by atoms with E-state index in [1.807, 2.05) is 0 Å². The maximum atomic E-state index is 13.0. The van der Waals surface area contributed by atoms with Crippen molar-refractivity contribution in [1.29, 1.82) is 0 Å². The van der Waals surface area contributed by atoms with E-state index < -0.39 is 38.2 Å². The molecule has 0 bridgehead atoms. The highest BCUT2D eigenvalue weighted by Crippen LogP contribution is 2.63. The molecule has 1 aromatic carbocycles. The number of carbonyl (C=O) groups is 1. The number of carboxylic acids is 1. The quantitative estimate of drug-likeness (QED) is 0.859. The highest BCUT2D eigenvalue weighted by atomic mass is 32.2. The molecule has 7 heteroatoms. The molecule has 1 aliphatic carbocycles. The highest BCUT2D eigenvalue weighted by Gasteiger charge is 2.75. The molecule has 0 aliphatic heterocycles.